The van der Waals surface area contributed by atoms with Crippen molar-refractivity contribution in [1.29, 1.82) is 0 Å². The first-order valence-corrected chi connectivity index (χ1v) is 18.4. The third-order valence-electron chi connectivity index (χ3n) is 7.45. The van der Waals surface area contributed by atoms with Crippen molar-refractivity contribution in [3.05, 3.63) is 16.7 Å². The molecule has 248 valence electrons. The fraction of sp³-hybridized carbons (Fsp3) is 0.839. The maximum atomic E-state index is 13.1. The van der Waals surface area contributed by atoms with Gasteiger partial charge in [0.05, 0.1) is 38.8 Å². The van der Waals surface area contributed by atoms with Crippen LogP contribution in [0.3, 0.4) is 0 Å². The summed E-state index contributed by atoms with van der Waals surface area (Å²) in [6, 6.07) is 0. The van der Waals surface area contributed by atoms with Gasteiger partial charge in [0, 0.05) is 6.61 Å². The maximum absolute atomic E-state index is 13.1. The van der Waals surface area contributed by atoms with Gasteiger partial charge < -0.3 is 28.8 Å². The molecule has 0 aliphatic rings. The van der Waals surface area contributed by atoms with Gasteiger partial charge in [-0.25, -0.2) is 4.98 Å². The number of nitrogens with zero attached hydrogens (tertiary/aromatic N) is 3. The van der Waals surface area contributed by atoms with E-state index in [-0.39, 0.29) is 37.1 Å². The Balaban J connectivity index is 1.47. The molecule has 43 heavy (non-hydrogen) atoms. The Bertz CT molecular complexity index is 1090. The number of aromatic nitrogens is 4. The maximum Gasteiger partial charge on any atom is 0.356 e. The van der Waals surface area contributed by atoms with Gasteiger partial charge in [-0.1, -0.05) is 103 Å². The molecule has 0 saturated carbocycles. The zero-order valence-corrected chi connectivity index (χ0v) is 27.9. The normalized spacial score (nSPS) is 13.9. The molecule has 2 heterocycles. The fourth-order valence-corrected chi connectivity index (χ4v) is 6.46. The predicted octanol–water partition coefficient (Wildman–Crippen LogP) is 7.59. The molecular formula is C31H58N5O6P. The predicted molar refractivity (Wildman–Crippen MR) is 174 cm³/mol. The Morgan fingerprint density at radius 1 is 0.860 bits per heavy atom. The zero-order chi connectivity index (χ0) is 31.2. The van der Waals surface area contributed by atoms with Crippen LogP contribution in [0, 0.1) is 0 Å². The van der Waals surface area contributed by atoms with E-state index in [1.165, 1.54) is 103 Å². The minimum atomic E-state index is -3.44. The second kappa shape index (κ2) is 22.7. The largest absolute Gasteiger partial charge is 0.379 e. The quantitative estimate of drug-likeness (QED) is 0.0720. The fourth-order valence-electron chi connectivity index (χ4n) is 5.05. The molecule has 0 saturated heterocycles. The van der Waals surface area contributed by atoms with E-state index < -0.39 is 13.2 Å². The van der Waals surface area contributed by atoms with Gasteiger partial charge in [-0.2, -0.15) is 4.98 Å². The van der Waals surface area contributed by atoms with Crippen LogP contribution in [0.1, 0.15) is 124 Å². The molecule has 2 atom stereocenters. The summed E-state index contributed by atoms with van der Waals surface area (Å²) in [6.45, 7) is 7.64. The Kier molecular flexibility index (Phi) is 19.7. The van der Waals surface area contributed by atoms with Crippen LogP contribution in [-0.4, -0.2) is 58.4 Å². The van der Waals surface area contributed by atoms with Crippen molar-refractivity contribution in [3.8, 4) is 0 Å². The summed E-state index contributed by atoms with van der Waals surface area (Å²) < 4.78 is 37.2. The third kappa shape index (κ3) is 16.2. The molecule has 0 spiro atoms. The molecule has 2 aromatic heterocycles. The number of nitrogens with one attached hydrogen (secondary N) is 1. The smallest absolute Gasteiger partial charge is 0.356 e. The van der Waals surface area contributed by atoms with Gasteiger partial charge in [-0.05, 0) is 20.3 Å². The molecule has 2 unspecified atom stereocenters. The van der Waals surface area contributed by atoms with Gasteiger partial charge in [-0.3, -0.25) is 14.3 Å². The lowest BCUT2D eigenvalue weighted by molar-refractivity contribution is 0.0550. The first-order chi connectivity index (χ1) is 20.9. The average molecular weight is 628 g/mol. The molecule has 2 aromatic rings. The van der Waals surface area contributed by atoms with Gasteiger partial charge in [0.15, 0.2) is 11.2 Å². The van der Waals surface area contributed by atoms with E-state index in [2.05, 4.69) is 21.9 Å². The molecule has 0 aromatic carbocycles. The van der Waals surface area contributed by atoms with E-state index in [0.717, 1.165) is 6.42 Å². The highest BCUT2D eigenvalue weighted by Gasteiger charge is 2.26. The number of nitrogens with two attached hydrogens (primary N) is 1. The summed E-state index contributed by atoms with van der Waals surface area (Å²) in [6.07, 6.45) is 22.4. The molecule has 0 amide bonds. The molecule has 3 N–H and O–H groups in total. The average Bonchev–Trinajstić information content (AvgIpc) is 3.37. The summed E-state index contributed by atoms with van der Waals surface area (Å²) in [5.41, 5.74) is 5.82. The lowest BCUT2D eigenvalue weighted by Gasteiger charge is -2.20. The molecule has 0 radical (unpaired) electrons. The van der Waals surface area contributed by atoms with Crippen molar-refractivity contribution < 1.29 is 23.1 Å². The van der Waals surface area contributed by atoms with Crippen LogP contribution < -0.4 is 11.3 Å². The zero-order valence-electron chi connectivity index (χ0n) is 27.0. The summed E-state index contributed by atoms with van der Waals surface area (Å²) in [5.74, 6) is 0.0131. The van der Waals surface area contributed by atoms with Crippen molar-refractivity contribution in [3.63, 3.8) is 0 Å². The van der Waals surface area contributed by atoms with Gasteiger partial charge in [-0.15, -0.1) is 0 Å². The number of fused-ring (bicyclic) bond motifs is 1. The molecule has 0 fully saturated rings. The number of nitrogen functional groups attached to an aromatic ring is 1. The number of rotatable bonds is 28. The van der Waals surface area contributed by atoms with Crippen LogP contribution in [0.4, 0.5) is 5.95 Å². The molecule has 11 nitrogen and oxygen atoms in total. The van der Waals surface area contributed by atoms with Gasteiger partial charge in [0.1, 0.15) is 6.35 Å². The van der Waals surface area contributed by atoms with E-state index in [4.69, 9.17) is 24.3 Å². The Hall–Kier alpha value is -1.78. The number of imidazole rings is 1. The number of H-pyrrole nitrogens is 1. The molecule has 12 heteroatoms. The van der Waals surface area contributed by atoms with E-state index >= 15 is 0 Å². The Morgan fingerprint density at radius 3 is 2.02 bits per heavy atom. The number of aromatic amines is 1. The van der Waals surface area contributed by atoms with Crippen molar-refractivity contribution >= 4 is 24.7 Å². The summed E-state index contributed by atoms with van der Waals surface area (Å²) >= 11 is 0. The summed E-state index contributed by atoms with van der Waals surface area (Å²) in [7, 11) is -3.44. The first kappa shape index (κ1) is 37.4. The lowest BCUT2D eigenvalue weighted by Crippen LogP contribution is -2.19. The highest BCUT2D eigenvalue weighted by atomic mass is 31.2. The Labute approximate surface area is 258 Å². The highest BCUT2D eigenvalue weighted by Crippen LogP contribution is 2.48. The first-order valence-electron chi connectivity index (χ1n) is 16.7. The van der Waals surface area contributed by atoms with Crippen LogP contribution in [0.2, 0.25) is 0 Å². The van der Waals surface area contributed by atoms with Gasteiger partial charge in [0.2, 0.25) is 5.95 Å². The number of ether oxygens (including phenoxy) is 2. The lowest BCUT2D eigenvalue weighted by atomic mass is 10.0. The monoisotopic (exact) mass is 627 g/mol. The van der Waals surface area contributed by atoms with Gasteiger partial charge in [0.25, 0.3) is 5.56 Å². The number of hydrogen-bond acceptors (Lipinski definition) is 9. The second-order valence-corrected chi connectivity index (χ2v) is 13.4. The summed E-state index contributed by atoms with van der Waals surface area (Å²) in [5, 5.41) is 0. The van der Waals surface area contributed by atoms with E-state index in [9.17, 15) is 9.36 Å². The van der Waals surface area contributed by atoms with E-state index in [1.54, 1.807) is 11.5 Å². The van der Waals surface area contributed by atoms with Crippen LogP contribution in [0.5, 0.6) is 0 Å². The minimum Gasteiger partial charge on any atom is -0.379 e. The van der Waals surface area contributed by atoms with Crippen LogP contribution in [0.25, 0.3) is 11.2 Å². The van der Waals surface area contributed by atoms with Crippen LogP contribution in [0.15, 0.2) is 11.1 Å². The molecule has 0 bridgehead atoms. The molecule has 0 aliphatic heterocycles. The topological polar surface area (TPSA) is 144 Å². The highest BCUT2D eigenvalue weighted by molar-refractivity contribution is 7.53. The van der Waals surface area contributed by atoms with Gasteiger partial charge >= 0.3 is 7.60 Å². The van der Waals surface area contributed by atoms with E-state index in [1.807, 2.05) is 6.92 Å². The Morgan fingerprint density at radius 2 is 1.44 bits per heavy atom. The molecule has 0 aliphatic carbocycles. The standard InChI is InChI=1S/C31H58N5O6P/c1-4-6-7-8-9-10-11-12-13-14-15-16-17-18-19-20-21-39-22-23-42-43(38,41-5-2)26-40-27(3)24-36-25-33-28-29(36)34-31(32)35-30(28)37/h25,27H,4-24,26H2,1-3H3,(H3,32,34,35,37). The third-order valence-corrected chi connectivity index (χ3v) is 9.14. The number of hydrogen-bond donors (Lipinski definition) is 2. The van der Waals surface area contributed by atoms with Crippen molar-refractivity contribution in [2.24, 2.45) is 0 Å². The molecule has 2 rings (SSSR count). The minimum absolute atomic E-state index is 0.0131. The SMILES string of the molecule is CCCCCCCCCCCCCCCCCCOCCOP(=O)(COC(C)Cn1cnc2c(=O)[nH]c(N)nc21)OCC. The molecular weight excluding hydrogens is 569 g/mol. The van der Waals surface area contributed by atoms with E-state index in [0.29, 0.717) is 25.4 Å². The van der Waals surface area contributed by atoms with Crippen molar-refractivity contribution in [2.45, 2.75) is 136 Å². The van der Waals surface area contributed by atoms with Crippen molar-refractivity contribution in [2.75, 3.05) is 38.5 Å². The van der Waals surface area contributed by atoms with Crippen LogP contribution >= 0.6 is 7.60 Å². The summed E-state index contributed by atoms with van der Waals surface area (Å²) in [4.78, 5) is 22.6. The number of unbranched alkanes of at least 4 members (excludes halogenated alkanes) is 15. The van der Waals surface area contributed by atoms with Crippen LogP contribution in [-0.2, 0) is 29.6 Å². The van der Waals surface area contributed by atoms with Crippen molar-refractivity contribution in [1.82, 2.24) is 19.5 Å². The number of anilines is 1. The second-order valence-electron chi connectivity index (χ2n) is 11.4.